The van der Waals surface area contributed by atoms with Crippen LogP contribution in [0.5, 0.6) is 0 Å². The van der Waals surface area contributed by atoms with Gasteiger partial charge in [-0.25, -0.2) is 14.1 Å². The van der Waals surface area contributed by atoms with Gasteiger partial charge in [-0.2, -0.15) is 5.10 Å². The summed E-state index contributed by atoms with van der Waals surface area (Å²) in [5.41, 5.74) is 2.42. The van der Waals surface area contributed by atoms with E-state index in [-0.39, 0.29) is 16.8 Å². The van der Waals surface area contributed by atoms with Gasteiger partial charge in [0.25, 0.3) is 0 Å². The number of piperidine rings is 1. The van der Waals surface area contributed by atoms with Crippen LogP contribution in [-0.4, -0.2) is 38.7 Å². The highest BCUT2D eigenvalue weighted by Crippen LogP contribution is 2.25. The third-order valence-corrected chi connectivity index (χ3v) is 5.50. The molecule has 3 aromatic rings. The second kappa shape index (κ2) is 8.39. The van der Waals surface area contributed by atoms with Crippen LogP contribution < -0.4 is 10.2 Å². The topological polar surface area (TPSA) is 75.9 Å². The van der Waals surface area contributed by atoms with Gasteiger partial charge in [-0.15, -0.1) is 0 Å². The SMILES string of the molecule is Cc1cc(C)n(-c2cncc(N3CCC(C(=O)Nc4ccc(F)c(Cl)c4)CC3)n2)n1. The monoisotopic (exact) mass is 428 g/mol. The zero-order valence-corrected chi connectivity index (χ0v) is 17.5. The summed E-state index contributed by atoms with van der Waals surface area (Å²) in [6.07, 6.45) is 4.80. The fourth-order valence-corrected chi connectivity index (χ4v) is 3.83. The molecule has 1 fully saturated rings. The van der Waals surface area contributed by atoms with Crippen LogP contribution in [0.3, 0.4) is 0 Å². The third-order valence-electron chi connectivity index (χ3n) is 5.21. The van der Waals surface area contributed by atoms with Crippen LogP contribution in [0.4, 0.5) is 15.9 Å². The number of rotatable bonds is 4. The maximum Gasteiger partial charge on any atom is 0.227 e. The Hall–Kier alpha value is -3.00. The molecule has 1 aliphatic rings. The Balaban J connectivity index is 1.39. The molecule has 0 bridgehead atoms. The number of nitrogens with one attached hydrogen (secondary N) is 1. The van der Waals surface area contributed by atoms with E-state index in [0.717, 1.165) is 17.2 Å². The maximum absolute atomic E-state index is 13.3. The van der Waals surface area contributed by atoms with Crippen molar-refractivity contribution in [3.8, 4) is 5.82 Å². The van der Waals surface area contributed by atoms with E-state index < -0.39 is 5.82 Å². The Morgan fingerprint density at radius 2 is 1.90 bits per heavy atom. The molecule has 0 spiro atoms. The molecule has 1 aromatic carbocycles. The summed E-state index contributed by atoms with van der Waals surface area (Å²) in [4.78, 5) is 23.7. The number of amides is 1. The maximum atomic E-state index is 13.3. The van der Waals surface area contributed by atoms with Gasteiger partial charge in [0.1, 0.15) is 11.6 Å². The van der Waals surface area contributed by atoms with E-state index in [9.17, 15) is 9.18 Å². The molecule has 4 rings (SSSR count). The third kappa shape index (κ3) is 4.28. The minimum absolute atomic E-state index is 0.0105. The summed E-state index contributed by atoms with van der Waals surface area (Å²) in [5, 5.41) is 7.28. The smallest absolute Gasteiger partial charge is 0.227 e. The Kier molecular flexibility index (Phi) is 5.67. The van der Waals surface area contributed by atoms with Crippen molar-refractivity contribution in [3.05, 3.63) is 58.9 Å². The predicted molar refractivity (Wildman–Crippen MR) is 114 cm³/mol. The van der Waals surface area contributed by atoms with Crippen LogP contribution in [0.1, 0.15) is 24.2 Å². The summed E-state index contributed by atoms with van der Waals surface area (Å²) in [6.45, 7) is 5.30. The number of anilines is 2. The summed E-state index contributed by atoms with van der Waals surface area (Å²) in [7, 11) is 0. The lowest BCUT2D eigenvalue weighted by molar-refractivity contribution is -0.120. The predicted octanol–water partition coefficient (Wildman–Crippen LogP) is 3.93. The average molecular weight is 429 g/mol. The highest BCUT2D eigenvalue weighted by Gasteiger charge is 2.26. The highest BCUT2D eigenvalue weighted by molar-refractivity contribution is 6.31. The molecule has 7 nitrogen and oxygen atoms in total. The molecule has 1 amide bonds. The summed E-state index contributed by atoms with van der Waals surface area (Å²) in [5.74, 6) is 0.721. The van der Waals surface area contributed by atoms with Crippen LogP contribution in [0, 0.1) is 25.6 Å². The fourth-order valence-electron chi connectivity index (χ4n) is 3.65. The Morgan fingerprint density at radius 3 is 2.57 bits per heavy atom. The molecule has 2 aromatic heterocycles. The van der Waals surface area contributed by atoms with E-state index in [2.05, 4.69) is 20.3 Å². The molecule has 0 unspecified atom stereocenters. The molecule has 156 valence electrons. The first-order chi connectivity index (χ1) is 14.4. The lowest BCUT2D eigenvalue weighted by atomic mass is 9.96. The summed E-state index contributed by atoms with van der Waals surface area (Å²) in [6, 6.07) is 6.17. The molecule has 0 atom stereocenters. The van der Waals surface area contributed by atoms with Gasteiger partial charge in [0.15, 0.2) is 5.82 Å². The first-order valence-corrected chi connectivity index (χ1v) is 10.1. The number of aromatic nitrogens is 4. The van der Waals surface area contributed by atoms with Gasteiger partial charge in [0.05, 0.1) is 23.1 Å². The van der Waals surface area contributed by atoms with E-state index in [1.165, 1.54) is 18.2 Å². The molecule has 9 heteroatoms. The number of hydrogen-bond donors (Lipinski definition) is 1. The van der Waals surface area contributed by atoms with Crippen LogP contribution in [0.2, 0.25) is 5.02 Å². The molecular formula is C21H22ClFN6O. The van der Waals surface area contributed by atoms with E-state index in [0.29, 0.717) is 37.4 Å². The lowest BCUT2D eigenvalue weighted by Crippen LogP contribution is -2.38. The number of benzene rings is 1. The number of carbonyl (C=O) groups is 1. The van der Waals surface area contributed by atoms with Gasteiger partial charge >= 0.3 is 0 Å². The molecule has 3 heterocycles. The standard InChI is InChI=1S/C21H22ClFN6O/c1-13-9-14(2)29(27-13)20-12-24-11-19(26-20)28-7-5-15(6-8-28)21(30)25-16-3-4-18(23)17(22)10-16/h3-4,9-12,15H,5-8H2,1-2H3,(H,25,30). The second-order valence-corrected chi connectivity index (χ2v) is 7.86. The Bertz CT molecular complexity index is 1080. The molecule has 30 heavy (non-hydrogen) atoms. The number of nitrogens with zero attached hydrogens (tertiary/aromatic N) is 5. The van der Waals surface area contributed by atoms with Crippen molar-refractivity contribution in [1.29, 1.82) is 0 Å². The normalized spacial score (nSPS) is 14.7. The molecule has 0 saturated carbocycles. The highest BCUT2D eigenvalue weighted by atomic mass is 35.5. The number of aryl methyl sites for hydroxylation is 2. The molecule has 1 saturated heterocycles. The van der Waals surface area contributed by atoms with Crippen molar-refractivity contribution < 1.29 is 9.18 Å². The molecular weight excluding hydrogens is 407 g/mol. The van der Waals surface area contributed by atoms with Crippen molar-refractivity contribution in [2.45, 2.75) is 26.7 Å². The zero-order chi connectivity index (χ0) is 21.3. The summed E-state index contributed by atoms with van der Waals surface area (Å²) >= 11 is 5.79. The zero-order valence-electron chi connectivity index (χ0n) is 16.8. The quantitative estimate of drug-likeness (QED) is 0.681. The van der Waals surface area contributed by atoms with Gasteiger partial charge in [0, 0.05) is 30.4 Å². The van der Waals surface area contributed by atoms with Crippen molar-refractivity contribution in [2.24, 2.45) is 5.92 Å². The van der Waals surface area contributed by atoms with Crippen LogP contribution in [0.15, 0.2) is 36.7 Å². The number of hydrogen-bond acceptors (Lipinski definition) is 5. The molecule has 1 N–H and O–H groups in total. The molecule has 0 radical (unpaired) electrons. The minimum Gasteiger partial charge on any atom is -0.355 e. The first kappa shape index (κ1) is 20.3. The van der Waals surface area contributed by atoms with Crippen LogP contribution in [0.25, 0.3) is 5.82 Å². The van der Waals surface area contributed by atoms with Crippen molar-refractivity contribution in [3.63, 3.8) is 0 Å². The van der Waals surface area contributed by atoms with Crippen LogP contribution in [-0.2, 0) is 4.79 Å². The molecule has 0 aliphatic carbocycles. The van der Waals surface area contributed by atoms with Gasteiger partial charge in [-0.1, -0.05) is 11.6 Å². The number of halogens is 2. The van der Waals surface area contributed by atoms with Crippen molar-refractivity contribution in [2.75, 3.05) is 23.3 Å². The van der Waals surface area contributed by atoms with Gasteiger partial charge in [0.2, 0.25) is 5.91 Å². The van der Waals surface area contributed by atoms with Crippen LogP contribution >= 0.6 is 11.6 Å². The summed E-state index contributed by atoms with van der Waals surface area (Å²) < 4.78 is 15.1. The van der Waals surface area contributed by atoms with E-state index in [4.69, 9.17) is 16.6 Å². The van der Waals surface area contributed by atoms with Crippen molar-refractivity contribution in [1.82, 2.24) is 19.7 Å². The Morgan fingerprint density at radius 1 is 1.17 bits per heavy atom. The van der Waals surface area contributed by atoms with E-state index >= 15 is 0 Å². The first-order valence-electron chi connectivity index (χ1n) is 9.77. The van der Waals surface area contributed by atoms with Gasteiger partial charge in [-0.05, 0) is 51.0 Å². The lowest BCUT2D eigenvalue weighted by Gasteiger charge is -2.32. The largest absolute Gasteiger partial charge is 0.355 e. The second-order valence-electron chi connectivity index (χ2n) is 7.45. The fraction of sp³-hybridized carbons (Fsp3) is 0.333. The molecule has 1 aliphatic heterocycles. The Labute approximate surface area is 178 Å². The van der Waals surface area contributed by atoms with Gasteiger partial charge < -0.3 is 10.2 Å². The van der Waals surface area contributed by atoms with E-state index in [1.54, 1.807) is 17.1 Å². The average Bonchev–Trinajstić information content (AvgIpc) is 3.09. The van der Waals surface area contributed by atoms with Gasteiger partial charge in [-0.3, -0.25) is 9.78 Å². The van der Waals surface area contributed by atoms with E-state index in [1.807, 2.05) is 19.9 Å². The number of carbonyl (C=O) groups excluding carboxylic acids is 1. The minimum atomic E-state index is -0.508. The van der Waals surface area contributed by atoms with Crippen molar-refractivity contribution >= 4 is 29.0 Å².